The van der Waals surface area contributed by atoms with Crippen molar-refractivity contribution in [1.29, 1.82) is 0 Å². The molecule has 0 saturated carbocycles. The molecular formula is C15H22Cl2N2O4S. The molecule has 24 heavy (non-hydrogen) atoms. The first-order chi connectivity index (χ1) is 11.0. The molecule has 0 amide bonds. The molecule has 1 aromatic rings. The molecule has 2 aliphatic rings. The monoisotopic (exact) mass is 396 g/mol. The largest absolute Gasteiger partial charge is 0.486 e. The van der Waals surface area contributed by atoms with E-state index in [9.17, 15) is 8.42 Å². The van der Waals surface area contributed by atoms with Crippen molar-refractivity contribution < 1.29 is 17.9 Å². The maximum Gasteiger partial charge on any atom is 0.244 e. The predicted molar refractivity (Wildman–Crippen MR) is 95.1 cm³/mol. The second-order valence-corrected chi connectivity index (χ2v) is 8.17. The summed E-state index contributed by atoms with van der Waals surface area (Å²) in [6.45, 7) is 2.68. The fourth-order valence-corrected chi connectivity index (χ4v) is 5.14. The number of rotatable bonds is 4. The third-order valence-electron chi connectivity index (χ3n) is 4.19. The second kappa shape index (κ2) is 8.10. The average Bonchev–Trinajstić information content (AvgIpc) is 2.54. The molecule has 1 N–H and O–H groups in total. The van der Waals surface area contributed by atoms with Crippen LogP contribution >= 0.6 is 24.0 Å². The Balaban J connectivity index is 0.00000208. The molecule has 0 bridgehead atoms. The Morgan fingerprint density at radius 1 is 1.29 bits per heavy atom. The summed E-state index contributed by atoms with van der Waals surface area (Å²) in [6.07, 6.45) is 1.88. The van der Waals surface area contributed by atoms with Gasteiger partial charge in [0, 0.05) is 25.2 Å². The van der Waals surface area contributed by atoms with E-state index in [1.165, 1.54) is 16.4 Å². The number of nitrogens with one attached hydrogen (secondary N) is 1. The first kappa shape index (κ1) is 19.6. The summed E-state index contributed by atoms with van der Waals surface area (Å²) >= 11 is 6.21. The van der Waals surface area contributed by atoms with Crippen LogP contribution in [0.4, 0.5) is 0 Å². The Labute approximate surface area is 153 Å². The molecule has 6 nitrogen and oxygen atoms in total. The van der Waals surface area contributed by atoms with Crippen molar-refractivity contribution in [2.24, 2.45) is 5.92 Å². The molecule has 1 fully saturated rings. The smallest absolute Gasteiger partial charge is 0.244 e. The van der Waals surface area contributed by atoms with Crippen LogP contribution in [0.3, 0.4) is 0 Å². The quantitative estimate of drug-likeness (QED) is 0.844. The van der Waals surface area contributed by atoms with Gasteiger partial charge in [-0.2, -0.15) is 4.31 Å². The highest BCUT2D eigenvalue weighted by atomic mass is 35.5. The lowest BCUT2D eigenvalue weighted by atomic mass is 10.00. The molecule has 0 spiro atoms. The van der Waals surface area contributed by atoms with E-state index in [-0.39, 0.29) is 22.3 Å². The van der Waals surface area contributed by atoms with E-state index < -0.39 is 10.0 Å². The fraction of sp³-hybridized carbons (Fsp3) is 0.600. The van der Waals surface area contributed by atoms with Crippen LogP contribution in [0.2, 0.25) is 5.02 Å². The van der Waals surface area contributed by atoms with Gasteiger partial charge in [-0.25, -0.2) is 8.42 Å². The maximum absolute atomic E-state index is 13.0. The third kappa shape index (κ3) is 3.91. The topological polar surface area (TPSA) is 67.9 Å². The molecule has 1 saturated heterocycles. The van der Waals surface area contributed by atoms with E-state index in [1.807, 2.05) is 7.05 Å². The first-order valence-electron chi connectivity index (χ1n) is 7.76. The molecule has 2 heterocycles. The van der Waals surface area contributed by atoms with Gasteiger partial charge in [0.05, 0.1) is 5.02 Å². The van der Waals surface area contributed by atoms with Gasteiger partial charge in [0.1, 0.15) is 18.1 Å². The van der Waals surface area contributed by atoms with Gasteiger partial charge in [-0.1, -0.05) is 11.6 Å². The molecule has 0 aliphatic carbocycles. The van der Waals surface area contributed by atoms with Crippen molar-refractivity contribution in [3.05, 3.63) is 17.2 Å². The summed E-state index contributed by atoms with van der Waals surface area (Å²) < 4.78 is 38.4. The van der Waals surface area contributed by atoms with Gasteiger partial charge in [0.2, 0.25) is 10.0 Å². The maximum atomic E-state index is 13.0. The van der Waals surface area contributed by atoms with Gasteiger partial charge in [0.15, 0.2) is 11.5 Å². The average molecular weight is 397 g/mol. The molecule has 0 radical (unpaired) electrons. The van der Waals surface area contributed by atoms with Crippen LogP contribution in [-0.4, -0.2) is 52.6 Å². The normalized spacial score (nSPS) is 21.2. The highest BCUT2D eigenvalue weighted by Crippen LogP contribution is 2.38. The standard InChI is InChI=1S/C15H21ClN2O4S.ClH/c1-17-9-11-3-2-4-18(10-11)23(19,20)15-8-14-13(7-12(15)16)21-5-6-22-14;/h7-8,11,17H,2-6,9-10H2,1H3;1H. The van der Waals surface area contributed by atoms with Gasteiger partial charge in [-0.3, -0.25) is 0 Å². The molecule has 1 atom stereocenters. The van der Waals surface area contributed by atoms with E-state index in [4.69, 9.17) is 21.1 Å². The Morgan fingerprint density at radius 2 is 1.96 bits per heavy atom. The number of hydrogen-bond acceptors (Lipinski definition) is 5. The lowest BCUT2D eigenvalue weighted by Crippen LogP contribution is -2.42. The highest BCUT2D eigenvalue weighted by Gasteiger charge is 2.32. The predicted octanol–water partition coefficient (Wildman–Crippen LogP) is 2.15. The first-order valence-corrected chi connectivity index (χ1v) is 9.58. The van der Waals surface area contributed by atoms with E-state index in [0.29, 0.717) is 43.7 Å². The van der Waals surface area contributed by atoms with Crippen molar-refractivity contribution in [1.82, 2.24) is 9.62 Å². The fourth-order valence-electron chi connectivity index (χ4n) is 3.08. The number of benzene rings is 1. The van der Waals surface area contributed by atoms with Crippen LogP contribution in [0.25, 0.3) is 0 Å². The molecule has 3 rings (SSSR count). The Bertz CT molecular complexity index is 682. The van der Waals surface area contributed by atoms with Gasteiger partial charge >= 0.3 is 0 Å². The van der Waals surface area contributed by atoms with E-state index in [1.54, 1.807) is 0 Å². The van der Waals surface area contributed by atoms with E-state index in [0.717, 1.165) is 19.4 Å². The van der Waals surface area contributed by atoms with Gasteiger partial charge in [0.25, 0.3) is 0 Å². The van der Waals surface area contributed by atoms with E-state index >= 15 is 0 Å². The van der Waals surface area contributed by atoms with Gasteiger partial charge in [-0.15, -0.1) is 12.4 Å². The summed E-state index contributed by atoms with van der Waals surface area (Å²) in [7, 11) is -1.76. The molecular weight excluding hydrogens is 375 g/mol. The summed E-state index contributed by atoms with van der Waals surface area (Å²) in [6, 6.07) is 3.01. The number of nitrogens with zero attached hydrogens (tertiary/aromatic N) is 1. The second-order valence-electron chi connectivity index (χ2n) is 5.86. The molecule has 1 unspecified atom stereocenters. The van der Waals surface area contributed by atoms with Crippen molar-refractivity contribution >= 4 is 34.0 Å². The van der Waals surface area contributed by atoms with Crippen LogP contribution in [0, 0.1) is 5.92 Å². The van der Waals surface area contributed by atoms with Crippen LogP contribution in [0.5, 0.6) is 11.5 Å². The van der Waals surface area contributed by atoms with E-state index in [2.05, 4.69) is 5.32 Å². The summed E-state index contributed by atoms with van der Waals surface area (Å²) in [5, 5.41) is 3.29. The Kier molecular flexibility index (Phi) is 6.61. The number of piperidine rings is 1. The summed E-state index contributed by atoms with van der Waals surface area (Å²) in [5.41, 5.74) is 0. The minimum Gasteiger partial charge on any atom is -0.486 e. The number of fused-ring (bicyclic) bond motifs is 1. The van der Waals surface area contributed by atoms with Gasteiger partial charge < -0.3 is 14.8 Å². The lowest BCUT2D eigenvalue weighted by molar-refractivity contribution is 0.171. The molecule has 0 aromatic heterocycles. The highest BCUT2D eigenvalue weighted by molar-refractivity contribution is 7.89. The molecule has 1 aromatic carbocycles. The molecule has 2 aliphatic heterocycles. The lowest BCUT2D eigenvalue weighted by Gasteiger charge is -2.32. The van der Waals surface area contributed by atoms with Crippen molar-refractivity contribution in [2.75, 3.05) is 39.9 Å². The minimum absolute atomic E-state index is 0. The van der Waals surface area contributed by atoms with Crippen LogP contribution in [0.1, 0.15) is 12.8 Å². The third-order valence-corrected chi connectivity index (χ3v) is 6.52. The van der Waals surface area contributed by atoms with Crippen LogP contribution in [-0.2, 0) is 10.0 Å². The zero-order chi connectivity index (χ0) is 16.4. The minimum atomic E-state index is -3.64. The summed E-state index contributed by atoms with van der Waals surface area (Å²) in [4.78, 5) is 0.0912. The molecule has 9 heteroatoms. The molecule has 136 valence electrons. The zero-order valence-electron chi connectivity index (χ0n) is 13.5. The van der Waals surface area contributed by atoms with Crippen molar-refractivity contribution in [2.45, 2.75) is 17.7 Å². The number of ether oxygens (including phenoxy) is 2. The number of halogens is 2. The SMILES string of the molecule is CNCC1CCCN(S(=O)(=O)c2cc3c(cc2Cl)OCCO3)C1.Cl. The number of hydrogen-bond donors (Lipinski definition) is 1. The van der Waals surface area contributed by atoms with Crippen molar-refractivity contribution in [3.63, 3.8) is 0 Å². The van der Waals surface area contributed by atoms with Crippen LogP contribution in [0.15, 0.2) is 17.0 Å². The number of sulfonamides is 1. The van der Waals surface area contributed by atoms with Crippen molar-refractivity contribution in [3.8, 4) is 11.5 Å². The van der Waals surface area contributed by atoms with Gasteiger partial charge in [-0.05, 0) is 32.4 Å². The van der Waals surface area contributed by atoms with Crippen LogP contribution < -0.4 is 14.8 Å². The Morgan fingerprint density at radius 3 is 2.62 bits per heavy atom. The summed E-state index contributed by atoms with van der Waals surface area (Å²) in [5.74, 6) is 1.24. The zero-order valence-corrected chi connectivity index (χ0v) is 15.8. The Hall–Kier alpha value is -0.730.